The number of amides is 2. The van der Waals surface area contributed by atoms with Gasteiger partial charge < -0.3 is 15.8 Å². The molecule has 3 N–H and O–H groups in total. The van der Waals surface area contributed by atoms with Crippen LogP contribution in [0.4, 0.5) is 5.69 Å². The predicted octanol–water partition coefficient (Wildman–Crippen LogP) is 1.70. The van der Waals surface area contributed by atoms with Gasteiger partial charge in [-0.3, -0.25) is 14.6 Å². The Labute approximate surface area is 119 Å². The Balaban J connectivity index is 2.92. The van der Waals surface area contributed by atoms with Crippen molar-refractivity contribution in [1.29, 1.82) is 0 Å². The van der Waals surface area contributed by atoms with Crippen molar-refractivity contribution < 1.29 is 14.3 Å². The first kappa shape index (κ1) is 15.6. The SMILES string of the molecule is COC(C)(C)CC(=O)Nc1cncc(Br)c1C(N)=O. The summed E-state index contributed by atoms with van der Waals surface area (Å²) < 4.78 is 5.60. The van der Waals surface area contributed by atoms with Gasteiger partial charge in [-0.15, -0.1) is 0 Å². The van der Waals surface area contributed by atoms with Crippen molar-refractivity contribution in [3.8, 4) is 0 Å². The molecule has 0 aromatic carbocycles. The van der Waals surface area contributed by atoms with Crippen molar-refractivity contribution in [1.82, 2.24) is 4.98 Å². The lowest BCUT2D eigenvalue weighted by Crippen LogP contribution is -2.30. The molecule has 0 radical (unpaired) electrons. The van der Waals surface area contributed by atoms with E-state index in [0.29, 0.717) is 4.47 Å². The number of methoxy groups -OCH3 is 1. The van der Waals surface area contributed by atoms with Crippen LogP contribution in [0.1, 0.15) is 30.6 Å². The number of nitrogens with one attached hydrogen (secondary N) is 1. The standard InChI is InChI=1S/C12H16BrN3O3/c1-12(2,19-3)4-9(17)16-8-6-15-5-7(13)10(8)11(14)18/h5-6H,4H2,1-3H3,(H2,14,18)(H,16,17). The Morgan fingerprint density at radius 1 is 1.47 bits per heavy atom. The number of aromatic nitrogens is 1. The molecule has 19 heavy (non-hydrogen) atoms. The number of primary amides is 1. The summed E-state index contributed by atoms with van der Waals surface area (Å²) in [7, 11) is 1.53. The Kier molecular flexibility index (Phi) is 5.02. The second-order valence-corrected chi connectivity index (χ2v) is 5.45. The first-order valence-electron chi connectivity index (χ1n) is 5.55. The fraction of sp³-hybridized carbons (Fsp3) is 0.417. The summed E-state index contributed by atoms with van der Waals surface area (Å²) in [5.74, 6) is -0.926. The molecule has 0 aliphatic heterocycles. The Morgan fingerprint density at radius 2 is 2.11 bits per heavy atom. The van der Waals surface area contributed by atoms with Gasteiger partial charge in [-0.1, -0.05) is 0 Å². The third-order valence-corrected chi connectivity index (χ3v) is 3.16. The Morgan fingerprint density at radius 3 is 2.63 bits per heavy atom. The van der Waals surface area contributed by atoms with E-state index < -0.39 is 11.5 Å². The number of nitrogens with two attached hydrogens (primary N) is 1. The minimum atomic E-state index is -0.643. The molecule has 0 bridgehead atoms. The Hall–Kier alpha value is -1.47. The fourth-order valence-electron chi connectivity index (χ4n) is 1.43. The zero-order valence-corrected chi connectivity index (χ0v) is 12.6. The van der Waals surface area contributed by atoms with Gasteiger partial charge in [0.25, 0.3) is 5.91 Å². The highest BCUT2D eigenvalue weighted by Gasteiger charge is 2.22. The average Bonchev–Trinajstić information content (AvgIpc) is 2.27. The van der Waals surface area contributed by atoms with Gasteiger partial charge in [-0.05, 0) is 29.8 Å². The smallest absolute Gasteiger partial charge is 0.252 e. The van der Waals surface area contributed by atoms with Gasteiger partial charge in [-0.2, -0.15) is 0 Å². The lowest BCUT2D eigenvalue weighted by atomic mass is 10.0. The number of hydrogen-bond acceptors (Lipinski definition) is 4. The average molecular weight is 330 g/mol. The molecular formula is C12H16BrN3O3. The van der Waals surface area contributed by atoms with Crippen molar-refractivity contribution in [2.45, 2.75) is 25.9 Å². The van der Waals surface area contributed by atoms with Gasteiger partial charge in [-0.25, -0.2) is 0 Å². The van der Waals surface area contributed by atoms with Crippen LogP contribution in [0.5, 0.6) is 0 Å². The molecule has 0 saturated carbocycles. The maximum Gasteiger partial charge on any atom is 0.252 e. The summed E-state index contributed by atoms with van der Waals surface area (Å²) in [6.07, 6.45) is 2.96. The quantitative estimate of drug-likeness (QED) is 0.859. The second kappa shape index (κ2) is 6.12. The van der Waals surface area contributed by atoms with Crippen molar-refractivity contribution >= 4 is 33.4 Å². The normalized spacial score (nSPS) is 11.2. The maximum absolute atomic E-state index is 11.9. The number of halogens is 1. The van der Waals surface area contributed by atoms with E-state index in [2.05, 4.69) is 26.2 Å². The van der Waals surface area contributed by atoms with Crippen LogP contribution in [0.3, 0.4) is 0 Å². The van der Waals surface area contributed by atoms with Crippen LogP contribution in [0.15, 0.2) is 16.9 Å². The van der Waals surface area contributed by atoms with Crippen LogP contribution in [0, 0.1) is 0 Å². The third-order valence-electron chi connectivity index (χ3n) is 2.56. The van der Waals surface area contributed by atoms with Crippen LogP contribution in [-0.2, 0) is 9.53 Å². The number of carbonyl (C=O) groups is 2. The van der Waals surface area contributed by atoms with E-state index in [4.69, 9.17) is 10.5 Å². The van der Waals surface area contributed by atoms with Gasteiger partial charge in [0.05, 0.1) is 33.9 Å². The summed E-state index contributed by atoms with van der Waals surface area (Å²) in [5, 5.41) is 2.61. The van der Waals surface area contributed by atoms with E-state index in [1.807, 2.05) is 0 Å². The van der Waals surface area contributed by atoms with E-state index >= 15 is 0 Å². The van der Waals surface area contributed by atoms with Crippen LogP contribution in [0.25, 0.3) is 0 Å². The van der Waals surface area contributed by atoms with E-state index in [1.54, 1.807) is 13.8 Å². The van der Waals surface area contributed by atoms with Gasteiger partial charge in [0.1, 0.15) is 0 Å². The molecule has 0 aliphatic carbocycles. The van der Waals surface area contributed by atoms with Crippen LogP contribution in [-0.4, -0.2) is 29.5 Å². The summed E-state index contributed by atoms with van der Waals surface area (Å²) in [6, 6.07) is 0. The van der Waals surface area contributed by atoms with Crippen molar-refractivity contribution in [3.05, 3.63) is 22.4 Å². The molecule has 0 fully saturated rings. The monoisotopic (exact) mass is 329 g/mol. The molecule has 7 heteroatoms. The number of anilines is 1. The molecule has 1 heterocycles. The number of nitrogens with zero attached hydrogens (tertiary/aromatic N) is 1. The molecule has 0 spiro atoms. The largest absolute Gasteiger partial charge is 0.378 e. The zero-order valence-electron chi connectivity index (χ0n) is 11.0. The maximum atomic E-state index is 11.9. The van der Waals surface area contributed by atoms with Crippen molar-refractivity contribution in [2.75, 3.05) is 12.4 Å². The molecule has 0 atom stereocenters. The molecule has 2 amide bonds. The molecule has 1 aromatic heterocycles. The number of rotatable bonds is 5. The van der Waals surface area contributed by atoms with E-state index in [9.17, 15) is 9.59 Å². The zero-order chi connectivity index (χ0) is 14.6. The van der Waals surface area contributed by atoms with Gasteiger partial charge in [0.2, 0.25) is 5.91 Å². The number of hydrogen-bond donors (Lipinski definition) is 2. The topological polar surface area (TPSA) is 94.3 Å². The first-order chi connectivity index (χ1) is 8.76. The molecular weight excluding hydrogens is 314 g/mol. The molecule has 0 saturated heterocycles. The lowest BCUT2D eigenvalue weighted by molar-refractivity contribution is -0.121. The number of ether oxygens (including phenoxy) is 1. The van der Waals surface area contributed by atoms with Crippen molar-refractivity contribution in [3.63, 3.8) is 0 Å². The molecule has 104 valence electrons. The van der Waals surface area contributed by atoms with E-state index in [1.165, 1.54) is 19.5 Å². The minimum absolute atomic E-state index is 0.147. The Bertz CT molecular complexity index is 503. The van der Waals surface area contributed by atoms with Crippen LogP contribution >= 0.6 is 15.9 Å². The number of carbonyl (C=O) groups excluding carboxylic acids is 2. The van der Waals surface area contributed by atoms with Crippen molar-refractivity contribution in [2.24, 2.45) is 5.73 Å². The molecule has 6 nitrogen and oxygen atoms in total. The molecule has 1 rings (SSSR count). The van der Waals surface area contributed by atoms with Crippen LogP contribution in [0.2, 0.25) is 0 Å². The lowest BCUT2D eigenvalue weighted by Gasteiger charge is -2.22. The molecule has 0 unspecified atom stereocenters. The van der Waals surface area contributed by atoms with E-state index in [-0.39, 0.29) is 23.6 Å². The van der Waals surface area contributed by atoms with Gasteiger partial charge >= 0.3 is 0 Å². The second-order valence-electron chi connectivity index (χ2n) is 4.60. The number of pyridine rings is 1. The third kappa shape index (κ3) is 4.29. The summed E-state index contributed by atoms with van der Waals surface area (Å²) in [4.78, 5) is 27.1. The first-order valence-corrected chi connectivity index (χ1v) is 6.34. The highest BCUT2D eigenvalue weighted by Crippen LogP contribution is 2.23. The molecule has 1 aromatic rings. The van der Waals surface area contributed by atoms with Gasteiger partial charge in [0.15, 0.2) is 0 Å². The van der Waals surface area contributed by atoms with Crippen LogP contribution < -0.4 is 11.1 Å². The minimum Gasteiger partial charge on any atom is -0.378 e. The molecule has 0 aliphatic rings. The summed E-state index contributed by atoms with van der Waals surface area (Å²) in [5.41, 5.74) is 5.15. The summed E-state index contributed by atoms with van der Waals surface area (Å²) >= 11 is 3.17. The summed E-state index contributed by atoms with van der Waals surface area (Å²) in [6.45, 7) is 3.58. The van der Waals surface area contributed by atoms with Gasteiger partial charge in [0, 0.05) is 13.3 Å². The van der Waals surface area contributed by atoms with E-state index in [0.717, 1.165) is 0 Å². The predicted molar refractivity (Wildman–Crippen MR) is 74.8 cm³/mol. The fourth-order valence-corrected chi connectivity index (χ4v) is 1.96. The highest BCUT2D eigenvalue weighted by molar-refractivity contribution is 9.10. The highest BCUT2D eigenvalue weighted by atomic mass is 79.9.